The minimum Gasteiger partial charge on any atom is -0.376 e. The van der Waals surface area contributed by atoms with Gasteiger partial charge in [-0.25, -0.2) is 4.99 Å². The summed E-state index contributed by atoms with van der Waals surface area (Å²) >= 11 is 7.67. The topological polar surface area (TPSA) is 83.0 Å². The third kappa shape index (κ3) is 5.67. The number of halogens is 1. The maximum absolute atomic E-state index is 13.8. The van der Waals surface area contributed by atoms with Crippen LogP contribution in [0.3, 0.4) is 0 Å². The van der Waals surface area contributed by atoms with Gasteiger partial charge in [0.25, 0.3) is 5.91 Å². The van der Waals surface area contributed by atoms with Crippen LogP contribution in [0.1, 0.15) is 48.9 Å². The standard InChI is InChI=1S/C29H31ClN4O3S/c1-17-6-11-24(18(2)13-17)33-28(36)26-19(3)32-29-34(27(26)20-7-9-21(30)10-8-20)22(16-38-29)14-25(35)31-15-23-5-4-12-37-23/h6-11,13,16,23,27H,4-5,12,14-15H2,1-3H3,(H,31,35)(H,33,36)/t23-,27-/m0/s1. The molecular weight excluding hydrogens is 520 g/mol. The molecule has 3 aliphatic rings. The monoisotopic (exact) mass is 550 g/mol. The number of anilines is 1. The number of amides is 2. The summed E-state index contributed by atoms with van der Waals surface area (Å²) in [5.74, 6) is -0.313. The SMILES string of the molecule is CC1=C(C(=O)Nc2ccc(C)cc2C)[C@H](c2ccc(Cl)cc2)N2C(CC(=O)NC[C@@H]3CCCO3)=CSC2=N1. The zero-order chi connectivity index (χ0) is 26.8. The van der Waals surface area contributed by atoms with E-state index < -0.39 is 6.04 Å². The van der Waals surface area contributed by atoms with Crippen molar-refractivity contribution in [3.63, 3.8) is 0 Å². The first-order valence-electron chi connectivity index (χ1n) is 12.8. The average Bonchev–Trinajstić information content (AvgIpc) is 3.54. The lowest BCUT2D eigenvalue weighted by atomic mass is 9.93. The second kappa shape index (κ2) is 11.4. The molecule has 0 aromatic heterocycles. The van der Waals surface area contributed by atoms with E-state index in [4.69, 9.17) is 21.3 Å². The van der Waals surface area contributed by atoms with Crippen molar-refractivity contribution in [2.45, 2.75) is 52.2 Å². The fourth-order valence-electron chi connectivity index (χ4n) is 5.02. The molecular formula is C29H31ClN4O3S. The van der Waals surface area contributed by atoms with E-state index in [2.05, 4.69) is 10.6 Å². The van der Waals surface area contributed by atoms with Crippen molar-refractivity contribution in [3.05, 3.63) is 86.6 Å². The molecule has 2 N–H and O–H groups in total. The number of hydrogen-bond acceptors (Lipinski definition) is 6. The van der Waals surface area contributed by atoms with Gasteiger partial charge in [-0.05, 0) is 68.3 Å². The highest BCUT2D eigenvalue weighted by Crippen LogP contribution is 2.45. The van der Waals surface area contributed by atoms with E-state index in [1.807, 2.05) is 73.5 Å². The Morgan fingerprint density at radius 2 is 1.95 bits per heavy atom. The molecule has 5 rings (SSSR count). The molecule has 0 unspecified atom stereocenters. The van der Waals surface area contributed by atoms with Gasteiger partial charge in [-0.2, -0.15) is 0 Å². The van der Waals surface area contributed by atoms with Gasteiger partial charge in [0.15, 0.2) is 5.17 Å². The lowest BCUT2D eigenvalue weighted by Crippen LogP contribution is -2.39. The molecule has 0 spiro atoms. The molecule has 3 heterocycles. The van der Waals surface area contributed by atoms with Crippen molar-refractivity contribution >= 4 is 46.0 Å². The highest BCUT2D eigenvalue weighted by Gasteiger charge is 2.40. The molecule has 1 saturated heterocycles. The molecule has 198 valence electrons. The van der Waals surface area contributed by atoms with Crippen molar-refractivity contribution < 1.29 is 14.3 Å². The Hall–Kier alpha value is -3.07. The largest absolute Gasteiger partial charge is 0.376 e. The van der Waals surface area contributed by atoms with E-state index in [1.54, 1.807) is 0 Å². The predicted octanol–water partition coefficient (Wildman–Crippen LogP) is 5.86. The van der Waals surface area contributed by atoms with Gasteiger partial charge >= 0.3 is 0 Å². The number of rotatable bonds is 7. The van der Waals surface area contributed by atoms with E-state index in [9.17, 15) is 9.59 Å². The van der Waals surface area contributed by atoms with Crippen LogP contribution in [0.4, 0.5) is 5.69 Å². The Morgan fingerprint density at radius 3 is 2.66 bits per heavy atom. The molecule has 38 heavy (non-hydrogen) atoms. The lowest BCUT2D eigenvalue weighted by molar-refractivity contribution is -0.121. The Kier molecular flexibility index (Phi) is 7.93. The number of carbonyl (C=O) groups excluding carboxylic acids is 2. The minimum atomic E-state index is -0.460. The van der Waals surface area contributed by atoms with Crippen molar-refractivity contribution in [2.24, 2.45) is 4.99 Å². The quantitative estimate of drug-likeness (QED) is 0.451. The van der Waals surface area contributed by atoms with Gasteiger partial charge in [0.1, 0.15) is 0 Å². The molecule has 3 aliphatic heterocycles. The fourth-order valence-corrected chi connectivity index (χ4v) is 6.11. The summed E-state index contributed by atoms with van der Waals surface area (Å²) < 4.78 is 5.64. The van der Waals surface area contributed by atoms with Crippen LogP contribution < -0.4 is 10.6 Å². The van der Waals surface area contributed by atoms with E-state index >= 15 is 0 Å². The number of hydrogen-bond donors (Lipinski definition) is 2. The molecule has 2 aromatic rings. The maximum atomic E-state index is 13.8. The van der Waals surface area contributed by atoms with Gasteiger partial charge in [0.2, 0.25) is 5.91 Å². The number of carbonyl (C=O) groups is 2. The third-order valence-electron chi connectivity index (χ3n) is 6.95. The van der Waals surface area contributed by atoms with Gasteiger partial charge in [-0.1, -0.05) is 53.2 Å². The van der Waals surface area contributed by atoms with Crippen LogP contribution in [0.5, 0.6) is 0 Å². The maximum Gasteiger partial charge on any atom is 0.255 e. The molecule has 2 aromatic carbocycles. The van der Waals surface area contributed by atoms with Crippen LogP contribution in [0.25, 0.3) is 0 Å². The molecule has 9 heteroatoms. The smallest absolute Gasteiger partial charge is 0.255 e. The Balaban J connectivity index is 1.43. The number of aryl methyl sites for hydroxylation is 2. The number of nitrogens with zero attached hydrogens (tertiary/aromatic N) is 2. The number of ether oxygens (including phenoxy) is 1. The van der Waals surface area contributed by atoms with E-state index in [-0.39, 0.29) is 24.3 Å². The summed E-state index contributed by atoms with van der Waals surface area (Å²) in [6.07, 6.45) is 2.24. The molecule has 2 atom stereocenters. The Morgan fingerprint density at radius 1 is 1.16 bits per heavy atom. The van der Waals surface area contributed by atoms with Crippen molar-refractivity contribution in [1.29, 1.82) is 0 Å². The van der Waals surface area contributed by atoms with Crippen LogP contribution >= 0.6 is 23.4 Å². The minimum absolute atomic E-state index is 0.0749. The molecule has 0 radical (unpaired) electrons. The molecule has 7 nitrogen and oxygen atoms in total. The first-order valence-corrected chi connectivity index (χ1v) is 14.0. The third-order valence-corrected chi connectivity index (χ3v) is 8.09. The highest BCUT2D eigenvalue weighted by molar-refractivity contribution is 8.16. The van der Waals surface area contributed by atoms with Crippen molar-refractivity contribution in [3.8, 4) is 0 Å². The first-order chi connectivity index (χ1) is 18.3. The second-order valence-electron chi connectivity index (χ2n) is 9.83. The predicted molar refractivity (Wildman–Crippen MR) is 153 cm³/mol. The van der Waals surface area contributed by atoms with Gasteiger partial charge in [0, 0.05) is 29.6 Å². The summed E-state index contributed by atoms with van der Waals surface area (Å²) in [4.78, 5) is 33.5. The number of allylic oxidation sites excluding steroid dienone is 1. The summed E-state index contributed by atoms with van der Waals surface area (Å²) in [5.41, 5.74) is 5.73. The summed E-state index contributed by atoms with van der Waals surface area (Å²) in [6.45, 7) is 7.11. The zero-order valence-electron chi connectivity index (χ0n) is 21.7. The van der Waals surface area contributed by atoms with E-state index in [0.717, 1.165) is 52.7 Å². The van der Waals surface area contributed by atoms with Crippen LogP contribution in [0, 0.1) is 13.8 Å². The van der Waals surface area contributed by atoms with Crippen LogP contribution in [0.2, 0.25) is 5.02 Å². The molecule has 1 fully saturated rings. The fraction of sp³-hybridized carbons (Fsp3) is 0.345. The summed E-state index contributed by atoms with van der Waals surface area (Å²) in [7, 11) is 0. The average molecular weight is 551 g/mol. The Labute approximate surface area is 232 Å². The Bertz CT molecular complexity index is 1350. The first kappa shape index (κ1) is 26.5. The van der Waals surface area contributed by atoms with Gasteiger partial charge in [-0.3, -0.25) is 9.59 Å². The molecule has 2 amide bonds. The van der Waals surface area contributed by atoms with Crippen LogP contribution in [-0.4, -0.2) is 41.1 Å². The van der Waals surface area contributed by atoms with Crippen LogP contribution in [-0.2, 0) is 14.3 Å². The normalized spacial score (nSPS) is 20.7. The van der Waals surface area contributed by atoms with Crippen LogP contribution in [0.15, 0.2) is 69.8 Å². The molecule has 0 bridgehead atoms. The number of amidine groups is 1. The number of thioether (sulfide) groups is 1. The number of aliphatic imine (C=N–C) groups is 1. The van der Waals surface area contributed by atoms with E-state index in [1.165, 1.54) is 11.8 Å². The highest BCUT2D eigenvalue weighted by atomic mass is 35.5. The number of fused-ring (bicyclic) bond motifs is 1. The van der Waals surface area contributed by atoms with Crippen molar-refractivity contribution in [1.82, 2.24) is 10.2 Å². The lowest BCUT2D eigenvalue weighted by Gasteiger charge is -2.36. The van der Waals surface area contributed by atoms with E-state index in [0.29, 0.717) is 22.8 Å². The number of nitrogens with one attached hydrogen (secondary N) is 2. The second-order valence-corrected chi connectivity index (χ2v) is 11.1. The van der Waals surface area contributed by atoms with Gasteiger partial charge in [0.05, 0.1) is 29.8 Å². The molecule has 0 saturated carbocycles. The molecule has 0 aliphatic carbocycles. The number of benzene rings is 2. The van der Waals surface area contributed by atoms with Crippen molar-refractivity contribution in [2.75, 3.05) is 18.5 Å². The van der Waals surface area contributed by atoms with Gasteiger partial charge in [-0.15, -0.1) is 0 Å². The summed E-state index contributed by atoms with van der Waals surface area (Å²) in [5, 5.41) is 9.41. The summed E-state index contributed by atoms with van der Waals surface area (Å²) in [6, 6.07) is 13.0. The van der Waals surface area contributed by atoms with Gasteiger partial charge < -0.3 is 20.3 Å². The zero-order valence-corrected chi connectivity index (χ0v) is 23.3.